The number of aryl methyl sites for hydroxylation is 2. The molecular formula is C25H23ClF2. The van der Waals surface area contributed by atoms with E-state index in [1.807, 2.05) is 6.07 Å². The van der Waals surface area contributed by atoms with Crippen molar-refractivity contribution in [3.63, 3.8) is 0 Å². The van der Waals surface area contributed by atoms with Gasteiger partial charge in [0.05, 0.1) is 5.56 Å². The summed E-state index contributed by atoms with van der Waals surface area (Å²) >= 11 is 5.92. The lowest BCUT2D eigenvalue weighted by Crippen LogP contribution is -2.09. The van der Waals surface area contributed by atoms with Crippen LogP contribution in [0.5, 0.6) is 0 Å². The number of halogens is 3. The number of fused-ring (bicyclic) bond motifs is 3. The largest absolute Gasteiger partial charge is 0.206 e. The molecule has 0 aliphatic heterocycles. The van der Waals surface area contributed by atoms with Gasteiger partial charge in [-0.05, 0) is 77.3 Å². The van der Waals surface area contributed by atoms with Gasteiger partial charge in [0.25, 0.3) is 0 Å². The summed E-state index contributed by atoms with van der Waals surface area (Å²) in [7, 11) is 0. The molecule has 0 heterocycles. The van der Waals surface area contributed by atoms with Crippen molar-refractivity contribution in [1.82, 2.24) is 0 Å². The highest BCUT2D eigenvalue weighted by molar-refractivity contribution is 6.30. The zero-order valence-electron chi connectivity index (χ0n) is 16.0. The van der Waals surface area contributed by atoms with Crippen LogP contribution in [0.4, 0.5) is 8.78 Å². The van der Waals surface area contributed by atoms with Crippen LogP contribution in [0.3, 0.4) is 0 Å². The Morgan fingerprint density at radius 2 is 1.68 bits per heavy atom. The minimum absolute atomic E-state index is 0.0371. The first-order chi connectivity index (χ1) is 13.6. The molecule has 0 atom stereocenters. The van der Waals surface area contributed by atoms with Gasteiger partial charge in [0.2, 0.25) is 0 Å². The first kappa shape index (κ1) is 19.1. The van der Waals surface area contributed by atoms with Gasteiger partial charge in [-0.1, -0.05) is 61.7 Å². The van der Waals surface area contributed by atoms with Crippen molar-refractivity contribution in [1.29, 1.82) is 0 Å². The summed E-state index contributed by atoms with van der Waals surface area (Å²) in [6, 6.07) is 14.5. The zero-order chi connectivity index (χ0) is 19.7. The molecule has 144 valence electrons. The molecular weight excluding hydrogens is 374 g/mol. The predicted octanol–water partition coefficient (Wildman–Crippen LogP) is 7.78. The summed E-state index contributed by atoms with van der Waals surface area (Å²) in [5.74, 6) is -0.978. The van der Waals surface area contributed by atoms with Crippen LogP contribution in [-0.4, -0.2) is 0 Å². The number of hydrogen-bond donors (Lipinski definition) is 0. The Morgan fingerprint density at radius 3 is 2.43 bits per heavy atom. The molecule has 1 aliphatic rings. The fourth-order valence-corrected chi connectivity index (χ4v) is 4.26. The molecule has 1 aliphatic carbocycles. The molecule has 28 heavy (non-hydrogen) atoms. The maximum absolute atomic E-state index is 15.3. The van der Waals surface area contributed by atoms with Crippen molar-refractivity contribution in [2.75, 3.05) is 0 Å². The number of rotatable bonds is 5. The van der Waals surface area contributed by atoms with Crippen LogP contribution in [0.2, 0.25) is 5.02 Å². The SMILES string of the molecule is CCCCCc1ccc2c(c1)CCc1c-2cc(F)c(-c2ccc(Cl)cc2)c1F. The quantitative estimate of drug-likeness (QED) is 0.386. The van der Waals surface area contributed by atoms with Gasteiger partial charge in [-0.3, -0.25) is 0 Å². The van der Waals surface area contributed by atoms with Crippen molar-refractivity contribution in [3.05, 3.63) is 81.9 Å². The van der Waals surface area contributed by atoms with E-state index in [2.05, 4.69) is 19.1 Å². The third kappa shape index (κ3) is 3.58. The van der Waals surface area contributed by atoms with E-state index in [1.54, 1.807) is 24.3 Å². The first-order valence-corrected chi connectivity index (χ1v) is 10.3. The molecule has 0 N–H and O–H groups in total. The maximum Gasteiger partial charge on any atom is 0.137 e. The maximum atomic E-state index is 15.3. The van der Waals surface area contributed by atoms with Crippen LogP contribution < -0.4 is 0 Å². The van der Waals surface area contributed by atoms with Crippen LogP contribution >= 0.6 is 11.6 Å². The predicted molar refractivity (Wildman–Crippen MR) is 113 cm³/mol. The standard InChI is InChI=1S/C25H23ClF2/c1-2-3-4-5-16-6-12-20-18(14-16)9-13-21-22(20)15-23(27)24(25(21)28)17-7-10-19(26)11-8-17/h6-8,10-12,14-15H,2-5,9,13H2,1H3. The van der Waals surface area contributed by atoms with Crippen molar-refractivity contribution in [3.8, 4) is 22.3 Å². The lowest BCUT2D eigenvalue weighted by atomic mass is 9.82. The van der Waals surface area contributed by atoms with Gasteiger partial charge in [-0.15, -0.1) is 0 Å². The molecule has 0 spiro atoms. The second-order valence-electron chi connectivity index (χ2n) is 7.53. The zero-order valence-corrected chi connectivity index (χ0v) is 16.8. The third-order valence-electron chi connectivity index (χ3n) is 5.63. The molecule has 0 aromatic heterocycles. The van der Waals surface area contributed by atoms with E-state index in [0.29, 0.717) is 28.1 Å². The Morgan fingerprint density at radius 1 is 0.893 bits per heavy atom. The highest BCUT2D eigenvalue weighted by Crippen LogP contribution is 2.40. The smallest absolute Gasteiger partial charge is 0.137 e. The Bertz CT molecular complexity index is 1010. The lowest BCUT2D eigenvalue weighted by molar-refractivity contribution is 0.577. The second-order valence-corrected chi connectivity index (χ2v) is 7.97. The average Bonchev–Trinajstić information content (AvgIpc) is 2.69. The Hall–Kier alpha value is -2.19. The van der Waals surface area contributed by atoms with Crippen LogP contribution in [-0.2, 0) is 19.3 Å². The van der Waals surface area contributed by atoms with Gasteiger partial charge in [-0.25, -0.2) is 8.78 Å². The second kappa shape index (κ2) is 8.05. The van der Waals surface area contributed by atoms with Gasteiger partial charge < -0.3 is 0 Å². The summed E-state index contributed by atoms with van der Waals surface area (Å²) in [6.45, 7) is 2.20. The van der Waals surface area contributed by atoms with Crippen molar-refractivity contribution in [2.24, 2.45) is 0 Å². The molecule has 0 amide bonds. The summed E-state index contributed by atoms with van der Waals surface area (Å²) in [4.78, 5) is 0. The van der Waals surface area contributed by atoms with Crippen molar-refractivity contribution in [2.45, 2.75) is 45.4 Å². The van der Waals surface area contributed by atoms with E-state index < -0.39 is 11.6 Å². The average molecular weight is 397 g/mol. The molecule has 0 nitrogen and oxygen atoms in total. The number of hydrogen-bond acceptors (Lipinski definition) is 0. The summed E-state index contributed by atoms with van der Waals surface area (Å²) in [5, 5.41) is 0.547. The Balaban J connectivity index is 1.74. The minimum Gasteiger partial charge on any atom is -0.206 e. The topological polar surface area (TPSA) is 0 Å². The molecule has 3 aromatic carbocycles. The Kier molecular flexibility index (Phi) is 5.50. The minimum atomic E-state index is -0.529. The van der Waals surface area contributed by atoms with E-state index in [1.165, 1.54) is 36.5 Å². The lowest BCUT2D eigenvalue weighted by Gasteiger charge is -2.23. The molecule has 0 fully saturated rings. The van der Waals surface area contributed by atoms with Crippen LogP contribution in [0.25, 0.3) is 22.3 Å². The van der Waals surface area contributed by atoms with Gasteiger partial charge in [0.15, 0.2) is 0 Å². The first-order valence-electron chi connectivity index (χ1n) is 9.97. The molecule has 0 saturated carbocycles. The van der Waals surface area contributed by atoms with E-state index in [9.17, 15) is 4.39 Å². The molecule has 0 saturated heterocycles. The van der Waals surface area contributed by atoms with Crippen LogP contribution in [0.15, 0.2) is 48.5 Å². The van der Waals surface area contributed by atoms with E-state index in [-0.39, 0.29) is 5.56 Å². The fourth-order valence-electron chi connectivity index (χ4n) is 4.14. The van der Waals surface area contributed by atoms with Gasteiger partial charge >= 0.3 is 0 Å². The van der Waals surface area contributed by atoms with Gasteiger partial charge in [0, 0.05) is 5.02 Å². The third-order valence-corrected chi connectivity index (χ3v) is 5.88. The van der Waals surface area contributed by atoms with Crippen LogP contribution in [0.1, 0.15) is 42.9 Å². The molecule has 0 radical (unpaired) electrons. The van der Waals surface area contributed by atoms with Crippen molar-refractivity contribution >= 4 is 11.6 Å². The molecule has 0 bridgehead atoms. The fraction of sp³-hybridized carbons (Fsp3) is 0.280. The normalized spacial score (nSPS) is 12.6. The van der Waals surface area contributed by atoms with Gasteiger partial charge in [0.1, 0.15) is 11.6 Å². The number of unbranched alkanes of at least 4 members (excludes halogenated alkanes) is 2. The van der Waals surface area contributed by atoms with E-state index in [0.717, 1.165) is 18.4 Å². The molecule has 0 unspecified atom stereocenters. The summed E-state index contributed by atoms with van der Waals surface area (Å²) < 4.78 is 30.2. The highest BCUT2D eigenvalue weighted by atomic mass is 35.5. The molecule has 3 heteroatoms. The monoisotopic (exact) mass is 396 g/mol. The van der Waals surface area contributed by atoms with Crippen molar-refractivity contribution < 1.29 is 8.78 Å². The Labute approximate surface area is 170 Å². The van der Waals surface area contributed by atoms with E-state index >= 15 is 4.39 Å². The molecule has 3 aromatic rings. The van der Waals surface area contributed by atoms with E-state index in [4.69, 9.17) is 11.6 Å². The summed E-state index contributed by atoms with van der Waals surface area (Å²) in [5.41, 5.74) is 5.32. The number of benzene rings is 3. The van der Waals surface area contributed by atoms with Crippen LogP contribution in [0, 0.1) is 11.6 Å². The summed E-state index contributed by atoms with van der Waals surface area (Å²) in [6.07, 6.45) is 6.04. The highest BCUT2D eigenvalue weighted by Gasteiger charge is 2.25. The van der Waals surface area contributed by atoms with Gasteiger partial charge in [-0.2, -0.15) is 0 Å². The molecule has 4 rings (SSSR count).